The summed E-state index contributed by atoms with van der Waals surface area (Å²) >= 11 is 0.821. The molecule has 3 rings (SSSR count). The van der Waals surface area contributed by atoms with Gasteiger partial charge in [0.05, 0.1) is 6.04 Å². The second kappa shape index (κ2) is 7.33. The Kier molecular flexibility index (Phi) is 5.48. The maximum absolute atomic E-state index is 12.9. The molecule has 0 saturated heterocycles. The molecule has 2 heterocycles. The minimum absolute atomic E-state index is 0.147. The lowest BCUT2D eigenvalue weighted by molar-refractivity contribution is -0.123. The summed E-state index contributed by atoms with van der Waals surface area (Å²) in [7, 11) is -3.93. The third-order valence-corrected chi connectivity index (χ3v) is 7.14. The molecule has 0 spiro atoms. The Morgan fingerprint density at radius 3 is 2.62 bits per heavy atom. The van der Waals surface area contributed by atoms with E-state index in [2.05, 4.69) is 20.2 Å². The molecular formula is C19H26N4O4S2. The quantitative estimate of drug-likeness (QED) is 0.708. The first-order valence-electron chi connectivity index (χ1n) is 9.24. The molecule has 158 valence electrons. The van der Waals surface area contributed by atoms with Crippen LogP contribution in [0.3, 0.4) is 0 Å². The zero-order valence-corrected chi connectivity index (χ0v) is 19.0. The molecule has 2 aromatic rings. The van der Waals surface area contributed by atoms with Crippen LogP contribution in [0.25, 0.3) is 0 Å². The number of ether oxygens (including phenoxy) is 1. The molecule has 1 aromatic carbocycles. The Balaban J connectivity index is 1.84. The summed E-state index contributed by atoms with van der Waals surface area (Å²) in [5, 5.41) is 10.3. The standard InChI is InChI=1S/C19H26N4O4S2/c1-11-7-8-12-13(10-19(5,6)27-14(12)9-11)23-29(25,26)17-22-21-16(28-17)20-15(24)18(2,3)4/h7-9,13,23H,10H2,1-6H3,(H,20,21,24)/t13-/m1/s1. The van der Waals surface area contributed by atoms with Gasteiger partial charge in [-0.05, 0) is 32.4 Å². The zero-order valence-electron chi connectivity index (χ0n) is 17.4. The predicted molar refractivity (Wildman–Crippen MR) is 112 cm³/mol. The number of carbonyl (C=O) groups is 1. The number of hydrogen-bond donors (Lipinski definition) is 2. The van der Waals surface area contributed by atoms with Crippen molar-refractivity contribution in [3.05, 3.63) is 29.3 Å². The minimum Gasteiger partial charge on any atom is -0.487 e. The maximum atomic E-state index is 12.9. The lowest BCUT2D eigenvalue weighted by Crippen LogP contribution is -2.41. The normalized spacial score (nSPS) is 18.6. The average Bonchev–Trinajstić information content (AvgIpc) is 3.01. The van der Waals surface area contributed by atoms with Crippen LogP contribution in [-0.2, 0) is 14.8 Å². The Hall–Kier alpha value is -2.04. The van der Waals surface area contributed by atoms with Gasteiger partial charge in [-0.2, -0.15) is 0 Å². The fraction of sp³-hybridized carbons (Fsp3) is 0.526. The predicted octanol–water partition coefficient (Wildman–Crippen LogP) is 3.41. The van der Waals surface area contributed by atoms with Crippen LogP contribution in [0.2, 0.25) is 0 Å². The second-order valence-corrected chi connectivity index (χ2v) is 11.7. The largest absolute Gasteiger partial charge is 0.487 e. The molecule has 1 aliphatic heterocycles. The lowest BCUT2D eigenvalue weighted by atomic mass is 9.90. The van der Waals surface area contributed by atoms with E-state index in [1.807, 2.05) is 39.0 Å². The van der Waals surface area contributed by atoms with E-state index in [1.165, 1.54) is 0 Å². The number of amides is 1. The molecule has 1 atom stereocenters. The molecular weight excluding hydrogens is 412 g/mol. The van der Waals surface area contributed by atoms with Crippen LogP contribution in [0.15, 0.2) is 22.5 Å². The number of benzene rings is 1. The van der Waals surface area contributed by atoms with Gasteiger partial charge in [0.25, 0.3) is 10.0 Å². The summed E-state index contributed by atoms with van der Waals surface area (Å²) in [6.07, 6.45) is 0.467. The van der Waals surface area contributed by atoms with Gasteiger partial charge in [-0.1, -0.05) is 44.2 Å². The molecule has 0 aliphatic carbocycles. The van der Waals surface area contributed by atoms with Crippen molar-refractivity contribution in [1.29, 1.82) is 0 Å². The third kappa shape index (κ3) is 4.93. The highest BCUT2D eigenvalue weighted by atomic mass is 32.2. The van der Waals surface area contributed by atoms with Crippen molar-refractivity contribution in [2.24, 2.45) is 5.41 Å². The van der Waals surface area contributed by atoms with Crippen LogP contribution in [0.5, 0.6) is 5.75 Å². The minimum atomic E-state index is -3.93. The molecule has 0 radical (unpaired) electrons. The Bertz CT molecular complexity index is 1040. The van der Waals surface area contributed by atoms with Crippen LogP contribution >= 0.6 is 11.3 Å². The van der Waals surface area contributed by atoms with E-state index in [9.17, 15) is 13.2 Å². The molecule has 1 amide bonds. The van der Waals surface area contributed by atoms with Crippen molar-refractivity contribution < 1.29 is 17.9 Å². The van der Waals surface area contributed by atoms with Gasteiger partial charge in [0.15, 0.2) is 0 Å². The van der Waals surface area contributed by atoms with E-state index in [0.29, 0.717) is 12.2 Å². The highest BCUT2D eigenvalue weighted by Crippen LogP contribution is 2.40. The van der Waals surface area contributed by atoms with E-state index >= 15 is 0 Å². The third-order valence-electron chi connectivity index (χ3n) is 4.46. The van der Waals surface area contributed by atoms with Gasteiger partial charge in [-0.3, -0.25) is 4.79 Å². The van der Waals surface area contributed by atoms with E-state index in [4.69, 9.17) is 4.74 Å². The Morgan fingerprint density at radius 1 is 1.28 bits per heavy atom. The number of carbonyl (C=O) groups excluding carboxylic acids is 1. The number of nitrogens with zero attached hydrogens (tertiary/aromatic N) is 2. The summed E-state index contributed by atoms with van der Waals surface area (Å²) < 4.78 is 34.4. The van der Waals surface area contributed by atoms with Crippen LogP contribution in [0, 0.1) is 12.3 Å². The van der Waals surface area contributed by atoms with Crippen molar-refractivity contribution in [2.75, 3.05) is 5.32 Å². The number of aromatic nitrogens is 2. The molecule has 8 nitrogen and oxygen atoms in total. The van der Waals surface area contributed by atoms with Gasteiger partial charge >= 0.3 is 0 Å². The summed E-state index contributed by atoms with van der Waals surface area (Å²) in [6, 6.07) is 5.24. The van der Waals surface area contributed by atoms with Gasteiger partial charge in [-0.25, -0.2) is 13.1 Å². The highest BCUT2D eigenvalue weighted by Gasteiger charge is 2.37. The Labute approximate surface area is 175 Å². The molecule has 0 unspecified atom stereocenters. The summed E-state index contributed by atoms with van der Waals surface area (Å²) in [5.41, 5.74) is 0.662. The van der Waals surface area contributed by atoms with E-state index < -0.39 is 27.1 Å². The first-order valence-corrected chi connectivity index (χ1v) is 11.5. The maximum Gasteiger partial charge on any atom is 0.270 e. The smallest absolute Gasteiger partial charge is 0.270 e. The van der Waals surface area contributed by atoms with Gasteiger partial charge < -0.3 is 10.1 Å². The van der Waals surface area contributed by atoms with E-state index in [-0.39, 0.29) is 15.4 Å². The summed E-state index contributed by atoms with van der Waals surface area (Å²) in [5.74, 6) is 0.408. The number of hydrogen-bond acceptors (Lipinski definition) is 7. The fourth-order valence-corrected chi connectivity index (χ4v) is 5.08. The fourth-order valence-electron chi connectivity index (χ4n) is 2.96. The summed E-state index contributed by atoms with van der Waals surface area (Å²) in [6.45, 7) is 11.1. The first kappa shape index (κ1) is 21.7. The number of sulfonamides is 1. The average molecular weight is 439 g/mol. The number of fused-ring (bicyclic) bond motifs is 1. The van der Waals surface area contributed by atoms with E-state index in [0.717, 1.165) is 22.5 Å². The molecule has 10 heteroatoms. The van der Waals surface area contributed by atoms with Crippen LogP contribution in [0.4, 0.5) is 5.13 Å². The molecule has 0 fully saturated rings. The summed E-state index contributed by atoms with van der Waals surface area (Å²) in [4.78, 5) is 12.1. The van der Waals surface area contributed by atoms with Crippen LogP contribution in [0.1, 0.15) is 58.2 Å². The van der Waals surface area contributed by atoms with Gasteiger partial charge in [0.2, 0.25) is 15.4 Å². The highest BCUT2D eigenvalue weighted by molar-refractivity contribution is 7.91. The second-order valence-electron chi connectivity index (χ2n) is 8.86. The van der Waals surface area contributed by atoms with Gasteiger partial charge in [0, 0.05) is 17.4 Å². The van der Waals surface area contributed by atoms with Crippen LogP contribution in [-0.4, -0.2) is 30.1 Å². The topological polar surface area (TPSA) is 110 Å². The number of rotatable bonds is 4. The molecule has 1 aliphatic rings. The van der Waals surface area contributed by atoms with Crippen molar-refractivity contribution in [3.8, 4) is 5.75 Å². The van der Waals surface area contributed by atoms with Crippen molar-refractivity contribution in [2.45, 2.75) is 63.9 Å². The molecule has 0 saturated carbocycles. The molecule has 2 N–H and O–H groups in total. The monoisotopic (exact) mass is 438 g/mol. The van der Waals surface area contributed by atoms with Gasteiger partial charge in [-0.15, -0.1) is 10.2 Å². The molecule has 0 bridgehead atoms. The first-order chi connectivity index (χ1) is 13.3. The zero-order chi connectivity index (χ0) is 21.6. The van der Waals surface area contributed by atoms with Gasteiger partial charge in [0.1, 0.15) is 11.4 Å². The number of anilines is 1. The SMILES string of the molecule is Cc1ccc2c(c1)OC(C)(C)C[C@H]2NS(=O)(=O)c1nnc(NC(=O)C(C)(C)C)s1. The van der Waals surface area contributed by atoms with E-state index in [1.54, 1.807) is 20.8 Å². The molecule has 1 aromatic heterocycles. The van der Waals surface area contributed by atoms with Crippen molar-refractivity contribution in [3.63, 3.8) is 0 Å². The lowest BCUT2D eigenvalue weighted by Gasteiger charge is -2.37. The Morgan fingerprint density at radius 2 is 1.97 bits per heavy atom. The van der Waals surface area contributed by atoms with Crippen molar-refractivity contribution >= 4 is 32.4 Å². The number of nitrogens with one attached hydrogen (secondary N) is 2. The molecule has 29 heavy (non-hydrogen) atoms. The van der Waals surface area contributed by atoms with Crippen molar-refractivity contribution in [1.82, 2.24) is 14.9 Å². The van der Waals surface area contributed by atoms with Crippen LogP contribution < -0.4 is 14.8 Å². The number of aryl methyl sites for hydroxylation is 1.